The molecule has 230 valence electrons. The van der Waals surface area contributed by atoms with Gasteiger partial charge < -0.3 is 4.57 Å². The van der Waals surface area contributed by atoms with Crippen molar-refractivity contribution in [3.63, 3.8) is 0 Å². The second kappa shape index (κ2) is 9.24. The van der Waals surface area contributed by atoms with E-state index in [1.54, 1.807) is 0 Å². The van der Waals surface area contributed by atoms with Gasteiger partial charge in [-0.3, -0.25) is 9.20 Å². The van der Waals surface area contributed by atoms with Crippen LogP contribution in [-0.2, 0) is 5.41 Å². The first kappa shape index (κ1) is 26.8. The molecule has 0 fully saturated rings. The molecule has 0 N–H and O–H groups in total. The largest absolute Gasteiger partial charge is 0.309 e. The van der Waals surface area contributed by atoms with E-state index in [9.17, 15) is 4.79 Å². The maximum absolute atomic E-state index is 14.0. The zero-order chi connectivity index (χ0) is 32.6. The second-order valence-electron chi connectivity index (χ2n) is 14.1. The fourth-order valence-corrected chi connectivity index (χ4v) is 8.97. The molecule has 0 bridgehead atoms. The number of hydrogen-bond acceptors (Lipinski definition) is 1. The van der Waals surface area contributed by atoms with Crippen LogP contribution >= 0.6 is 0 Å². The van der Waals surface area contributed by atoms with Crippen molar-refractivity contribution in [2.75, 3.05) is 0 Å². The normalized spacial score (nSPS) is 13.8. The van der Waals surface area contributed by atoms with Crippen LogP contribution in [0.15, 0.2) is 150 Å². The van der Waals surface area contributed by atoms with Gasteiger partial charge in [0, 0.05) is 43.4 Å². The number of rotatable bonds is 2. The van der Waals surface area contributed by atoms with Gasteiger partial charge in [-0.1, -0.05) is 111 Å². The van der Waals surface area contributed by atoms with Gasteiger partial charge in [0.1, 0.15) is 0 Å². The number of pyridine rings is 1. The highest BCUT2D eigenvalue weighted by atomic mass is 16.1. The van der Waals surface area contributed by atoms with Gasteiger partial charge in [-0.2, -0.15) is 0 Å². The molecule has 10 aromatic rings. The minimum absolute atomic E-state index is 0.0306. The summed E-state index contributed by atoms with van der Waals surface area (Å²) in [5.74, 6) is 0. The van der Waals surface area contributed by atoms with Crippen molar-refractivity contribution in [1.82, 2.24) is 8.97 Å². The summed E-state index contributed by atoms with van der Waals surface area (Å²) in [5.41, 5.74) is 13.1. The van der Waals surface area contributed by atoms with Crippen LogP contribution in [-0.4, -0.2) is 8.97 Å². The second-order valence-corrected chi connectivity index (χ2v) is 14.1. The molecule has 3 aromatic heterocycles. The van der Waals surface area contributed by atoms with E-state index in [1.807, 2.05) is 28.7 Å². The van der Waals surface area contributed by atoms with E-state index < -0.39 is 0 Å². The molecule has 3 heterocycles. The fourth-order valence-electron chi connectivity index (χ4n) is 8.97. The minimum Gasteiger partial charge on any atom is -0.309 e. The molecular formula is C46H30N2O. The summed E-state index contributed by atoms with van der Waals surface area (Å²) in [7, 11) is 0. The summed E-state index contributed by atoms with van der Waals surface area (Å²) in [4.78, 5) is 14.0. The highest BCUT2D eigenvalue weighted by Gasteiger charge is 2.36. The summed E-state index contributed by atoms with van der Waals surface area (Å²) in [5, 5.41) is 7.57. The quantitative estimate of drug-likeness (QED) is 0.175. The molecule has 11 rings (SSSR count). The lowest BCUT2D eigenvalue weighted by Crippen LogP contribution is -2.14. The first-order valence-corrected chi connectivity index (χ1v) is 17.0. The zero-order valence-corrected chi connectivity index (χ0v) is 27.2. The Morgan fingerprint density at radius 1 is 0.449 bits per heavy atom. The van der Waals surface area contributed by atoms with Crippen molar-refractivity contribution in [3.8, 4) is 27.9 Å². The third-order valence-corrected chi connectivity index (χ3v) is 11.3. The highest BCUT2D eigenvalue weighted by Crippen LogP contribution is 2.51. The Morgan fingerprint density at radius 2 is 1.12 bits per heavy atom. The van der Waals surface area contributed by atoms with Crippen LogP contribution in [0.3, 0.4) is 0 Å². The van der Waals surface area contributed by atoms with Gasteiger partial charge >= 0.3 is 0 Å². The average molecular weight is 627 g/mol. The van der Waals surface area contributed by atoms with Gasteiger partial charge in [-0.25, -0.2) is 0 Å². The number of aromatic nitrogens is 2. The Morgan fingerprint density at radius 3 is 1.98 bits per heavy atom. The molecule has 0 amide bonds. The van der Waals surface area contributed by atoms with Crippen LogP contribution in [0, 0.1) is 0 Å². The summed E-state index contributed by atoms with van der Waals surface area (Å²) in [6, 6.07) is 52.2. The summed E-state index contributed by atoms with van der Waals surface area (Å²) < 4.78 is 4.33. The van der Waals surface area contributed by atoms with Crippen molar-refractivity contribution in [2.24, 2.45) is 0 Å². The fraction of sp³-hybridized carbons (Fsp3) is 0.0652. The average Bonchev–Trinajstić information content (AvgIpc) is 3.74. The SMILES string of the molecule is CC1(C)c2ccccc2-c2cc3c4ccccc4n(-c4cccc(-c5ccc6c(=O)n7c8ccccc8c8cccc(c6c5)c87)c4)c3cc21. The maximum atomic E-state index is 14.0. The van der Waals surface area contributed by atoms with E-state index in [-0.39, 0.29) is 11.0 Å². The molecule has 0 unspecified atom stereocenters. The van der Waals surface area contributed by atoms with Crippen LogP contribution in [0.4, 0.5) is 0 Å². The van der Waals surface area contributed by atoms with Crippen molar-refractivity contribution >= 4 is 59.8 Å². The van der Waals surface area contributed by atoms with E-state index in [4.69, 9.17) is 0 Å². The topological polar surface area (TPSA) is 26.4 Å². The molecule has 0 radical (unpaired) electrons. The van der Waals surface area contributed by atoms with Gasteiger partial charge in [0.05, 0.1) is 22.1 Å². The lowest BCUT2D eigenvalue weighted by Gasteiger charge is -2.21. The lowest BCUT2D eigenvalue weighted by molar-refractivity contribution is 0.661. The van der Waals surface area contributed by atoms with Crippen LogP contribution in [0.1, 0.15) is 25.0 Å². The third kappa shape index (κ3) is 3.39. The van der Waals surface area contributed by atoms with E-state index >= 15 is 0 Å². The molecule has 7 aromatic carbocycles. The molecule has 0 saturated heterocycles. The first-order valence-electron chi connectivity index (χ1n) is 17.0. The predicted molar refractivity (Wildman–Crippen MR) is 205 cm³/mol. The van der Waals surface area contributed by atoms with Crippen molar-refractivity contribution in [2.45, 2.75) is 19.3 Å². The Balaban J connectivity index is 1.14. The van der Waals surface area contributed by atoms with Gasteiger partial charge in [0.15, 0.2) is 0 Å². The standard InChI is InChI=1S/C46H30N2O/c1-46(2)39-18-6-3-13-30(39)37-25-38-32-15-5-7-19-41(32)47(43(38)26-40(37)46)29-12-9-11-27(23-29)28-21-22-35-36(24-28)34-17-10-16-33-31-14-4-8-20-42(31)48(44(33)34)45(35)49/h3-26H,1-2H3. The predicted octanol–water partition coefficient (Wildman–Crippen LogP) is 11.3. The third-order valence-electron chi connectivity index (χ3n) is 11.3. The molecule has 0 aliphatic heterocycles. The van der Waals surface area contributed by atoms with Crippen molar-refractivity contribution < 1.29 is 0 Å². The summed E-state index contributed by atoms with van der Waals surface area (Å²) in [6.07, 6.45) is 0. The van der Waals surface area contributed by atoms with Crippen LogP contribution in [0.5, 0.6) is 0 Å². The molecule has 1 aliphatic carbocycles. The monoisotopic (exact) mass is 626 g/mol. The van der Waals surface area contributed by atoms with Crippen molar-refractivity contribution in [3.05, 3.63) is 167 Å². The van der Waals surface area contributed by atoms with E-state index in [0.717, 1.165) is 54.8 Å². The minimum atomic E-state index is -0.0849. The van der Waals surface area contributed by atoms with Gasteiger partial charge in [-0.05, 0) is 87.3 Å². The molecule has 0 spiro atoms. The Bertz CT molecular complexity index is 3100. The van der Waals surface area contributed by atoms with Gasteiger partial charge in [0.25, 0.3) is 5.56 Å². The number of fused-ring (bicyclic) bond motifs is 11. The summed E-state index contributed by atoms with van der Waals surface area (Å²) in [6.45, 7) is 4.69. The van der Waals surface area contributed by atoms with Crippen molar-refractivity contribution in [1.29, 1.82) is 0 Å². The molecule has 0 saturated carbocycles. The molecule has 3 nitrogen and oxygen atoms in total. The number of hydrogen-bond donors (Lipinski definition) is 0. The van der Waals surface area contributed by atoms with Crippen LogP contribution in [0.25, 0.3) is 87.7 Å². The summed E-state index contributed by atoms with van der Waals surface area (Å²) >= 11 is 0. The van der Waals surface area contributed by atoms with E-state index in [1.165, 1.54) is 44.1 Å². The number of benzene rings is 7. The first-order chi connectivity index (χ1) is 24.0. The lowest BCUT2D eigenvalue weighted by atomic mass is 9.82. The van der Waals surface area contributed by atoms with Gasteiger partial charge in [-0.15, -0.1) is 0 Å². The Kier molecular flexibility index (Phi) is 5.06. The van der Waals surface area contributed by atoms with Crippen LogP contribution < -0.4 is 5.56 Å². The van der Waals surface area contributed by atoms with E-state index in [0.29, 0.717) is 0 Å². The number of para-hydroxylation sites is 3. The molecule has 0 atom stereocenters. The Hall–Kier alpha value is -6.19. The molecular weight excluding hydrogens is 597 g/mol. The van der Waals surface area contributed by atoms with Gasteiger partial charge in [0.2, 0.25) is 0 Å². The van der Waals surface area contributed by atoms with Crippen LogP contribution in [0.2, 0.25) is 0 Å². The molecule has 49 heavy (non-hydrogen) atoms. The zero-order valence-electron chi connectivity index (χ0n) is 27.2. The number of nitrogens with zero attached hydrogens (tertiary/aromatic N) is 2. The Labute approximate surface area is 282 Å². The highest BCUT2D eigenvalue weighted by molar-refractivity contribution is 6.20. The maximum Gasteiger partial charge on any atom is 0.263 e. The smallest absolute Gasteiger partial charge is 0.263 e. The molecule has 3 heteroatoms. The molecule has 1 aliphatic rings. The van der Waals surface area contributed by atoms with E-state index in [2.05, 4.69) is 140 Å².